The predicted octanol–water partition coefficient (Wildman–Crippen LogP) is 21.3. The number of hydrogen-bond donors (Lipinski definition) is 0. The van der Waals surface area contributed by atoms with Gasteiger partial charge in [-0.3, -0.25) is 0 Å². The summed E-state index contributed by atoms with van der Waals surface area (Å²) in [5.74, 6) is 0. The Morgan fingerprint density at radius 3 is 0.679 bits per heavy atom. The number of benzene rings is 10. The van der Waals surface area contributed by atoms with Crippen molar-refractivity contribution in [3.63, 3.8) is 0 Å². The van der Waals surface area contributed by atoms with Crippen LogP contribution in [-0.2, 0) is 32.5 Å². The molecule has 4 aliphatic carbocycles. The summed E-state index contributed by atoms with van der Waals surface area (Å²) in [5, 5.41) is 2.59. The average Bonchev–Trinajstić information content (AvgIpc) is 4.21. The molecule has 0 unspecified atom stereocenters. The van der Waals surface area contributed by atoms with E-state index in [1.165, 1.54) is 155 Å². The van der Waals surface area contributed by atoms with E-state index in [-0.39, 0.29) is 32.5 Å². The van der Waals surface area contributed by atoms with Gasteiger partial charge in [0.2, 0.25) is 0 Å². The molecule has 0 heteroatoms. The largest absolute Gasteiger partial charge is 0.0579 e. The van der Waals surface area contributed by atoms with Gasteiger partial charge in [0.15, 0.2) is 0 Å². The van der Waals surface area contributed by atoms with Gasteiger partial charge in [-0.1, -0.05) is 230 Å². The van der Waals surface area contributed by atoms with Crippen molar-refractivity contribution in [3.8, 4) is 89.0 Å². The van der Waals surface area contributed by atoms with E-state index in [1.54, 1.807) is 0 Å². The predicted molar refractivity (Wildman–Crippen MR) is 333 cm³/mol. The molecule has 0 heterocycles. The summed E-state index contributed by atoms with van der Waals surface area (Å²) < 4.78 is 0. The third-order valence-corrected chi connectivity index (χ3v) is 19.6. The lowest BCUT2D eigenvalue weighted by molar-refractivity contribution is 0.584. The summed E-state index contributed by atoms with van der Waals surface area (Å²) in [6.45, 7) is 33.1. The molecule has 384 valence electrons. The second-order valence-electron chi connectivity index (χ2n) is 27.9. The molecule has 0 N–H and O–H groups in total. The molecule has 0 nitrogen and oxygen atoms in total. The van der Waals surface area contributed by atoms with Crippen molar-refractivity contribution < 1.29 is 0 Å². The Hall–Kier alpha value is -7.54. The van der Waals surface area contributed by atoms with Crippen molar-refractivity contribution in [2.45, 2.75) is 129 Å². The van der Waals surface area contributed by atoms with Crippen LogP contribution in [0.5, 0.6) is 0 Å². The molecule has 0 aliphatic heterocycles. The molecule has 78 heavy (non-hydrogen) atoms. The maximum absolute atomic E-state index is 2.49. The van der Waals surface area contributed by atoms with Gasteiger partial charge in [-0.25, -0.2) is 0 Å². The first-order chi connectivity index (χ1) is 36.9. The van der Waals surface area contributed by atoms with Crippen LogP contribution in [0.25, 0.3) is 99.8 Å². The number of fused-ring (bicyclic) bond motifs is 13. The van der Waals surface area contributed by atoms with E-state index in [4.69, 9.17) is 0 Å². The Bertz CT molecular complexity index is 4260. The Kier molecular flexibility index (Phi) is 10.0. The van der Waals surface area contributed by atoms with Crippen LogP contribution < -0.4 is 0 Å². The molecule has 0 atom stereocenters. The Balaban J connectivity index is 0.730. The van der Waals surface area contributed by atoms with Gasteiger partial charge < -0.3 is 0 Å². The standard InChI is InChI=1S/C78H72/c1-73(2,3)55-25-17-46-35-45(15-16-47(46)36-55)48-18-27-57-58-28-19-49(38-66(58)75(7,8)65(57)37-48)50-20-29-59-60-30-21-51(40-68(60)76(9,10)67(59)39-50)52-22-31-61-62-32-23-53(42-70(62)77(11,12)69(61)41-52)54-24-33-63-64-34-26-56(74(4,5)6)44-72(64)78(13,14)71(63)43-54/h15-44H,1-14H3. The number of rotatable bonds is 4. The molecule has 0 saturated carbocycles. The van der Waals surface area contributed by atoms with Gasteiger partial charge in [0.05, 0.1) is 0 Å². The Morgan fingerprint density at radius 1 is 0.205 bits per heavy atom. The first-order valence-corrected chi connectivity index (χ1v) is 28.6. The second-order valence-corrected chi connectivity index (χ2v) is 27.9. The molecule has 0 radical (unpaired) electrons. The van der Waals surface area contributed by atoms with E-state index in [0.29, 0.717) is 0 Å². The van der Waals surface area contributed by atoms with Crippen LogP contribution in [0.15, 0.2) is 182 Å². The summed E-state index contributed by atoms with van der Waals surface area (Å²) in [7, 11) is 0. The summed E-state index contributed by atoms with van der Waals surface area (Å²) in [5.41, 5.74) is 34.9. The lowest BCUT2D eigenvalue weighted by Crippen LogP contribution is -2.17. The molecular weight excluding hydrogens is 937 g/mol. The Morgan fingerprint density at radius 2 is 0.397 bits per heavy atom. The highest BCUT2D eigenvalue weighted by atomic mass is 14.4. The van der Waals surface area contributed by atoms with E-state index < -0.39 is 0 Å². The summed E-state index contributed by atoms with van der Waals surface area (Å²) in [6.07, 6.45) is 0. The van der Waals surface area contributed by atoms with Crippen LogP contribution in [-0.4, -0.2) is 0 Å². The van der Waals surface area contributed by atoms with Crippen LogP contribution in [0.2, 0.25) is 0 Å². The van der Waals surface area contributed by atoms with Crippen molar-refractivity contribution >= 4 is 10.8 Å². The van der Waals surface area contributed by atoms with Crippen molar-refractivity contribution in [3.05, 3.63) is 238 Å². The average molecular weight is 1010 g/mol. The first-order valence-electron chi connectivity index (χ1n) is 28.6. The molecule has 0 saturated heterocycles. The molecule has 0 bridgehead atoms. The van der Waals surface area contributed by atoms with E-state index in [9.17, 15) is 0 Å². The van der Waals surface area contributed by atoms with Gasteiger partial charge >= 0.3 is 0 Å². The van der Waals surface area contributed by atoms with Crippen molar-refractivity contribution in [1.82, 2.24) is 0 Å². The van der Waals surface area contributed by atoms with Crippen molar-refractivity contribution in [1.29, 1.82) is 0 Å². The van der Waals surface area contributed by atoms with Crippen molar-refractivity contribution in [2.24, 2.45) is 0 Å². The van der Waals surface area contributed by atoms with Crippen molar-refractivity contribution in [2.75, 3.05) is 0 Å². The number of hydrogen-bond acceptors (Lipinski definition) is 0. The molecule has 0 spiro atoms. The Labute approximate surface area is 464 Å². The second kappa shape index (κ2) is 16.0. The minimum absolute atomic E-state index is 0.0675. The van der Waals surface area contributed by atoms with E-state index >= 15 is 0 Å². The highest BCUT2D eigenvalue weighted by Crippen LogP contribution is 2.56. The SMILES string of the molecule is CC(C)(C)c1ccc2c(c1)C(C)(C)c1cc(-c3ccc4c(c3)C(C)(C)c3cc(-c5ccc6c(c5)C(C)(C)c5cc(-c7ccc8c(c7)C(C)(C)c7cc(-c9ccc%10cc(C(C)(C)C)ccc%10c9)ccc7-8)ccc5-6)ccc3-4)ccc1-2. The van der Waals surface area contributed by atoms with Crippen LogP contribution in [0.3, 0.4) is 0 Å². The fourth-order valence-electron chi connectivity index (χ4n) is 14.6. The molecule has 14 rings (SSSR count). The molecular formula is C78H72. The fraction of sp³-hybridized carbons (Fsp3) is 0.256. The zero-order valence-electron chi connectivity index (χ0n) is 48.3. The van der Waals surface area contributed by atoms with E-state index in [1.807, 2.05) is 0 Å². The third kappa shape index (κ3) is 7.03. The molecule has 4 aliphatic rings. The van der Waals surface area contributed by atoms with Gasteiger partial charge in [-0.15, -0.1) is 0 Å². The quantitative estimate of drug-likeness (QED) is 0.165. The van der Waals surface area contributed by atoms with Gasteiger partial charge in [0.1, 0.15) is 0 Å². The maximum atomic E-state index is 2.49. The van der Waals surface area contributed by atoms with Gasteiger partial charge in [0, 0.05) is 21.7 Å². The van der Waals surface area contributed by atoms with Gasteiger partial charge in [-0.2, -0.15) is 0 Å². The van der Waals surface area contributed by atoms with Crippen LogP contribution in [0.1, 0.15) is 153 Å². The molecule has 10 aromatic carbocycles. The lowest BCUT2D eigenvalue weighted by Gasteiger charge is -2.25. The topological polar surface area (TPSA) is 0 Å². The highest BCUT2D eigenvalue weighted by molar-refractivity contribution is 5.93. The van der Waals surface area contributed by atoms with Crippen LogP contribution in [0.4, 0.5) is 0 Å². The maximum Gasteiger partial charge on any atom is 0.0159 e. The smallest absolute Gasteiger partial charge is 0.0159 e. The monoisotopic (exact) mass is 1010 g/mol. The van der Waals surface area contributed by atoms with Crippen LogP contribution in [0, 0.1) is 0 Å². The summed E-state index contributed by atoms with van der Waals surface area (Å²) in [6, 6.07) is 71.6. The van der Waals surface area contributed by atoms with Gasteiger partial charge in [-0.05, 0) is 215 Å². The minimum atomic E-state index is -0.162. The minimum Gasteiger partial charge on any atom is -0.0579 e. The normalized spacial score (nSPS) is 16.2. The van der Waals surface area contributed by atoms with Gasteiger partial charge in [0.25, 0.3) is 0 Å². The third-order valence-electron chi connectivity index (χ3n) is 19.6. The van der Waals surface area contributed by atoms with Crippen LogP contribution >= 0.6 is 0 Å². The zero-order chi connectivity index (χ0) is 54.4. The molecule has 10 aromatic rings. The fourth-order valence-corrected chi connectivity index (χ4v) is 14.6. The molecule has 0 amide bonds. The summed E-state index contributed by atoms with van der Waals surface area (Å²) >= 11 is 0. The molecule has 0 aromatic heterocycles. The lowest BCUT2D eigenvalue weighted by atomic mass is 9.78. The molecule has 0 fully saturated rings. The summed E-state index contributed by atoms with van der Waals surface area (Å²) in [4.78, 5) is 0. The first kappa shape index (κ1) is 48.8. The van der Waals surface area contributed by atoms with E-state index in [0.717, 1.165) is 0 Å². The zero-order valence-corrected chi connectivity index (χ0v) is 48.3. The van der Waals surface area contributed by atoms with E-state index in [2.05, 4.69) is 279 Å². The highest BCUT2D eigenvalue weighted by Gasteiger charge is 2.41.